The summed E-state index contributed by atoms with van der Waals surface area (Å²) < 4.78 is 5.53. The molecule has 0 saturated carbocycles. The number of pyridine rings is 1. The number of nitrogens with one attached hydrogen (secondary N) is 2. The summed E-state index contributed by atoms with van der Waals surface area (Å²) in [6.07, 6.45) is 2.69. The van der Waals surface area contributed by atoms with E-state index in [2.05, 4.69) is 27.5 Å². The summed E-state index contributed by atoms with van der Waals surface area (Å²) in [5, 5.41) is 6.59. The average Bonchev–Trinajstić information content (AvgIpc) is 2.84. The highest BCUT2D eigenvalue weighted by Gasteiger charge is 2.04. The van der Waals surface area contributed by atoms with Crippen molar-refractivity contribution in [1.82, 2.24) is 15.6 Å². The van der Waals surface area contributed by atoms with Gasteiger partial charge in [-0.2, -0.15) is 0 Å². The minimum absolute atomic E-state index is 0. The molecule has 0 radical (unpaired) electrons. The van der Waals surface area contributed by atoms with Crippen LogP contribution in [0.15, 0.2) is 39.9 Å². The molecule has 0 saturated heterocycles. The Morgan fingerprint density at radius 2 is 2.09 bits per heavy atom. The Balaban J connectivity index is 0.00000264. The molecule has 126 valence electrons. The van der Waals surface area contributed by atoms with Crippen LogP contribution < -0.4 is 10.6 Å². The van der Waals surface area contributed by atoms with Gasteiger partial charge in [-0.15, -0.1) is 24.0 Å². The van der Waals surface area contributed by atoms with Crippen LogP contribution in [-0.2, 0) is 13.0 Å². The molecule has 2 N–H and O–H groups in total. The van der Waals surface area contributed by atoms with Crippen LogP contribution in [0.2, 0.25) is 0 Å². The van der Waals surface area contributed by atoms with E-state index in [4.69, 9.17) is 4.42 Å². The fourth-order valence-corrected chi connectivity index (χ4v) is 2.20. The Hall–Kier alpha value is -1.57. The van der Waals surface area contributed by atoms with Gasteiger partial charge >= 0.3 is 0 Å². The fourth-order valence-electron chi connectivity index (χ4n) is 2.20. The van der Waals surface area contributed by atoms with Gasteiger partial charge in [0.05, 0.1) is 6.54 Å². The van der Waals surface area contributed by atoms with Crippen LogP contribution in [0.5, 0.6) is 0 Å². The molecule has 0 aliphatic carbocycles. The predicted molar refractivity (Wildman–Crippen MR) is 104 cm³/mol. The molecule has 0 aliphatic rings. The fraction of sp³-hybridized carbons (Fsp3) is 0.412. The molecule has 0 spiro atoms. The van der Waals surface area contributed by atoms with Crippen LogP contribution in [0.3, 0.4) is 0 Å². The summed E-state index contributed by atoms with van der Waals surface area (Å²) in [7, 11) is 0. The van der Waals surface area contributed by atoms with Gasteiger partial charge in [-0.25, -0.2) is 4.99 Å². The highest BCUT2D eigenvalue weighted by atomic mass is 127. The maximum atomic E-state index is 5.53. The van der Waals surface area contributed by atoms with E-state index in [0.717, 1.165) is 48.2 Å². The third-order valence-electron chi connectivity index (χ3n) is 3.30. The van der Waals surface area contributed by atoms with Gasteiger partial charge < -0.3 is 15.1 Å². The lowest BCUT2D eigenvalue weighted by Crippen LogP contribution is -2.38. The molecular formula is C17H25IN4O. The Morgan fingerprint density at radius 1 is 1.26 bits per heavy atom. The van der Waals surface area contributed by atoms with Crippen LogP contribution in [0.4, 0.5) is 0 Å². The van der Waals surface area contributed by atoms with Gasteiger partial charge in [-0.3, -0.25) is 4.98 Å². The molecule has 0 aliphatic heterocycles. The van der Waals surface area contributed by atoms with Gasteiger partial charge in [0, 0.05) is 37.0 Å². The molecule has 0 fully saturated rings. The SMILES string of the molecule is CCNC(=NCc1cc(C)oc1C)NCCc1ccccn1.I. The minimum atomic E-state index is 0. The highest BCUT2D eigenvalue weighted by molar-refractivity contribution is 14.0. The first-order chi connectivity index (χ1) is 10.7. The van der Waals surface area contributed by atoms with Gasteiger partial charge in [-0.1, -0.05) is 6.07 Å². The molecule has 6 heteroatoms. The molecule has 0 bridgehead atoms. The van der Waals surface area contributed by atoms with Crippen molar-refractivity contribution >= 4 is 29.9 Å². The van der Waals surface area contributed by atoms with Gasteiger partial charge in [-0.05, 0) is 39.0 Å². The molecule has 5 nitrogen and oxygen atoms in total. The second-order valence-electron chi connectivity index (χ2n) is 5.13. The van der Waals surface area contributed by atoms with E-state index in [9.17, 15) is 0 Å². The average molecular weight is 428 g/mol. The normalized spacial score (nSPS) is 11.0. The summed E-state index contributed by atoms with van der Waals surface area (Å²) in [5.74, 6) is 2.68. The van der Waals surface area contributed by atoms with Crippen molar-refractivity contribution < 1.29 is 4.42 Å². The number of hydrogen-bond donors (Lipinski definition) is 2. The number of furan rings is 1. The monoisotopic (exact) mass is 428 g/mol. The van der Waals surface area contributed by atoms with Crippen molar-refractivity contribution in [3.63, 3.8) is 0 Å². The zero-order valence-electron chi connectivity index (χ0n) is 13.9. The van der Waals surface area contributed by atoms with Gasteiger partial charge in [0.2, 0.25) is 0 Å². The first-order valence-corrected chi connectivity index (χ1v) is 7.67. The molecule has 2 aromatic heterocycles. The molecular weight excluding hydrogens is 403 g/mol. The predicted octanol–water partition coefficient (Wildman–Crippen LogP) is 3.21. The van der Waals surface area contributed by atoms with E-state index in [1.807, 2.05) is 44.3 Å². The topological polar surface area (TPSA) is 62.5 Å². The minimum Gasteiger partial charge on any atom is -0.466 e. The van der Waals surface area contributed by atoms with E-state index in [0.29, 0.717) is 6.54 Å². The van der Waals surface area contributed by atoms with E-state index in [-0.39, 0.29) is 24.0 Å². The van der Waals surface area contributed by atoms with E-state index >= 15 is 0 Å². The standard InChI is InChI=1S/C17H24N4O.HI/c1-4-18-17(20-10-8-16-7-5-6-9-19-16)21-12-15-11-13(2)22-14(15)3;/h5-7,9,11H,4,8,10,12H2,1-3H3,(H2,18,20,21);1H. The number of nitrogens with zero attached hydrogens (tertiary/aromatic N) is 2. The summed E-state index contributed by atoms with van der Waals surface area (Å²) in [6.45, 7) is 8.23. The molecule has 2 heterocycles. The van der Waals surface area contributed by atoms with Gasteiger partial charge in [0.25, 0.3) is 0 Å². The smallest absolute Gasteiger partial charge is 0.191 e. The quantitative estimate of drug-likeness (QED) is 0.422. The number of halogens is 1. The third-order valence-corrected chi connectivity index (χ3v) is 3.30. The number of aliphatic imine (C=N–C) groups is 1. The second kappa shape index (κ2) is 10.3. The largest absolute Gasteiger partial charge is 0.466 e. The zero-order chi connectivity index (χ0) is 15.8. The summed E-state index contributed by atoms with van der Waals surface area (Å²) in [6, 6.07) is 8.00. The number of aryl methyl sites for hydroxylation is 2. The van der Waals surface area contributed by atoms with Crippen LogP contribution in [0.25, 0.3) is 0 Å². The lowest BCUT2D eigenvalue weighted by atomic mass is 10.2. The number of aromatic nitrogens is 1. The molecule has 2 aromatic rings. The first-order valence-electron chi connectivity index (χ1n) is 7.67. The Kier molecular flexibility index (Phi) is 8.68. The van der Waals surface area contributed by atoms with Crippen molar-refractivity contribution in [3.05, 3.63) is 53.2 Å². The van der Waals surface area contributed by atoms with Crippen molar-refractivity contribution in [1.29, 1.82) is 0 Å². The van der Waals surface area contributed by atoms with Crippen molar-refractivity contribution in [2.45, 2.75) is 33.7 Å². The second-order valence-corrected chi connectivity index (χ2v) is 5.13. The van der Waals surface area contributed by atoms with Crippen molar-refractivity contribution in [2.24, 2.45) is 4.99 Å². The van der Waals surface area contributed by atoms with E-state index in [1.165, 1.54) is 0 Å². The van der Waals surface area contributed by atoms with Crippen LogP contribution >= 0.6 is 24.0 Å². The number of rotatable bonds is 6. The van der Waals surface area contributed by atoms with E-state index < -0.39 is 0 Å². The summed E-state index contributed by atoms with van der Waals surface area (Å²) in [5.41, 5.74) is 2.20. The molecule has 0 aromatic carbocycles. The first kappa shape index (κ1) is 19.5. The molecule has 0 unspecified atom stereocenters. The van der Waals surface area contributed by atoms with Crippen LogP contribution in [0, 0.1) is 13.8 Å². The zero-order valence-corrected chi connectivity index (χ0v) is 16.3. The van der Waals surface area contributed by atoms with Crippen molar-refractivity contribution in [2.75, 3.05) is 13.1 Å². The Labute approximate surface area is 155 Å². The molecule has 23 heavy (non-hydrogen) atoms. The van der Waals surface area contributed by atoms with E-state index in [1.54, 1.807) is 0 Å². The number of guanidine groups is 1. The Morgan fingerprint density at radius 3 is 2.70 bits per heavy atom. The molecule has 0 atom stereocenters. The Bertz CT molecular complexity index is 610. The molecule has 2 rings (SSSR count). The molecule has 0 amide bonds. The van der Waals surface area contributed by atoms with Crippen LogP contribution in [-0.4, -0.2) is 24.0 Å². The summed E-state index contributed by atoms with van der Waals surface area (Å²) >= 11 is 0. The lowest BCUT2D eigenvalue weighted by Gasteiger charge is -2.10. The van der Waals surface area contributed by atoms with Gasteiger partial charge in [0.15, 0.2) is 5.96 Å². The van der Waals surface area contributed by atoms with Crippen LogP contribution in [0.1, 0.15) is 29.7 Å². The highest BCUT2D eigenvalue weighted by Crippen LogP contribution is 2.14. The summed E-state index contributed by atoms with van der Waals surface area (Å²) in [4.78, 5) is 8.92. The van der Waals surface area contributed by atoms with Crippen molar-refractivity contribution in [3.8, 4) is 0 Å². The maximum absolute atomic E-state index is 5.53. The number of hydrogen-bond acceptors (Lipinski definition) is 3. The maximum Gasteiger partial charge on any atom is 0.191 e. The lowest BCUT2D eigenvalue weighted by molar-refractivity contribution is 0.501. The third kappa shape index (κ3) is 6.60. The van der Waals surface area contributed by atoms with Gasteiger partial charge in [0.1, 0.15) is 11.5 Å².